The molecule has 0 radical (unpaired) electrons. The summed E-state index contributed by atoms with van der Waals surface area (Å²) in [6.45, 7) is 3.87. The third-order valence-electron chi connectivity index (χ3n) is 0.632. The molecular formula is C5H8N2. The number of nitrogens with zero attached hydrogens (tertiary/aromatic N) is 2. The third kappa shape index (κ3) is 2.84. The van der Waals surface area contributed by atoms with Crippen LogP contribution >= 0.6 is 0 Å². The van der Waals surface area contributed by atoms with E-state index in [1.54, 1.807) is 18.1 Å². The molecule has 38 valence electrons. The SMILES string of the molecule is C=CN(C)CC#N. The second kappa shape index (κ2) is 3.23. The lowest BCUT2D eigenvalue weighted by molar-refractivity contribution is 0.517. The van der Waals surface area contributed by atoms with Gasteiger partial charge in [-0.1, -0.05) is 6.58 Å². The second-order valence-electron chi connectivity index (χ2n) is 1.26. The number of hydrogen-bond donors (Lipinski definition) is 0. The van der Waals surface area contributed by atoms with Gasteiger partial charge in [0.05, 0.1) is 6.07 Å². The summed E-state index contributed by atoms with van der Waals surface area (Å²) in [6.07, 6.45) is 1.61. The van der Waals surface area contributed by atoms with Crippen LogP contribution in [0.15, 0.2) is 12.8 Å². The van der Waals surface area contributed by atoms with Gasteiger partial charge < -0.3 is 4.90 Å². The summed E-state index contributed by atoms with van der Waals surface area (Å²) in [5.74, 6) is 0. The average molecular weight is 96.1 g/mol. The van der Waals surface area contributed by atoms with Crippen molar-refractivity contribution in [3.05, 3.63) is 12.8 Å². The zero-order chi connectivity index (χ0) is 5.70. The van der Waals surface area contributed by atoms with Gasteiger partial charge in [0.2, 0.25) is 0 Å². The Bertz CT molecular complexity index is 90.7. The van der Waals surface area contributed by atoms with Gasteiger partial charge in [0.15, 0.2) is 0 Å². The van der Waals surface area contributed by atoms with Gasteiger partial charge in [0, 0.05) is 7.05 Å². The van der Waals surface area contributed by atoms with Crippen LogP contribution in [0.4, 0.5) is 0 Å². The van der Waals surface area contributed by atoms with Gasteiger partial charge in [-0.25, -0.2) is 0 Å². The normalized spacial score (nSPS) is 6.86. The molecule has 0 saturated carbocycles. The third-order valence-corrected chi connectivity index (χ3v) is 0.632. The van der Waals surface area contributed by atoms with Gasteiger partial charge in [-0.2, -0.15) is 5.26 Å². The van der Waals surface area contributed by atoms with E-state index in [2.05, 4.69) is 6.58 Å². The van der Waals surface area contributed by atoms with E-state index in [4.69, 9.17) is 5.26 Å². The molecule has 7 heavy (non-hydrogen) atoms. The molecule has 0 atom stereocenters. The summed E-state index contributed by atoms with van der Waals surface area (Å²) in [7, 11) is 1.80. The Morgan fingerprint density at radius 2 is 2.57 bits per heavy atom. The molecule has 0 spiro atoms. The molecule has 2 nitrogen and oxygen atoms in total. The fourth-order valence-corrected chi connectivity index (χ4v) is 0.176. The molecule has 0 aliphatic carbocycles. The molecule has 0 saturated heterocycles. The average Bonchev–Trinajstić information content (AvgIpc) is 1.68. The zero-order valence-corrected chi connectivity index (χ0v) is 4.39. The van der Waals surface area contributed by atoms with Crippen LogP contribution in [0, 0.1) is 11.3 Å². The van der Waals surface area contributed by atoms with Gasteiger partial charge >= 0.3 is 0 Å². The maximum absolute atomic E-state index is 8.03. The Morgan fingerprint density at radius 3 is 2.71 bits per heavy atom. The van der Waals surface area contributed by atoms with Crippen molar-refractivity contribution < 1.29 is 0 Å². The summed E-state index contributed by atoms with van der Waals surface area (Å²) in [4.78, 5) is 1.71. The molecule has 0 unspecified atom stereocenters. The van der Waals surface area contributed by atoms with Crippen LogP contribution in [0.2, 0.25) is 0 Å². The molecule has 0 aliphatic heterocycles. The highest BCUT2D eigenvalue weighted by atomic mass is 15.1. The molecule has 0 fully saturated rings. The first-order valence-electron chi connectivity index (χ1n) is 2.01. The molecule has 0 amide bonds. The molecule has 0 aliphatic rings. The number of hydrogen-bond acceptors (Lipinski definition) is 2. The van der Waals surface area contributed by atoms with Crippen LogP contribution in [-0.4, -0.2) is 18.5 Å². The van der Waals surface area contributed by atoms with E-state index < -0.39 is 0 Å². The van der Waals surface area contributed by atoms with E-state index in [1.165, 1.54) is 0 Å². The largest absolute Gasteiger partial charge is 0.368 e. The predicted molar refractivity (Wildman–Crippen MR) is 28.4 cm³/mol. The number of rotatable bonds is 2. The van der Waals surface area contributed by atoms with E-state index in [9.17, 15) is 0 Å². The van der Waals surface area contributed by atoms with Gasteiger partial charge in [0.25, 0.3) is 0 Å². The van der Waals surface area contributed by atoms with Crippen LogP contribution < -0.4 is 0 Å². The minimum absolute atomic E-state index is 0.420. The molecule has 0 aromatic heterocycles. The Hall–Kier alpha value is -0.970. The first-order chi connectivity index (χ1) is 3.31. The zero-order valence-electron chi connectivity index (χ0n) is 4.39. The number of nitriles is 1. The molecule has 0 N–H and O–H groups in total. The van der Waals surface area contributed by atoms with Crippen LogP contribution in [-0.2, 0) is 0 Å². The lowest BCUT2D eigenvalue weighted by atomic mass is 10.6. The maximum atomic E-state index is 8.03. The van der Waals surface area contributed by atoms with Crippen molar-refractivity contribution in [2.75, 3.05) is 13.6 Å². The van der Waals surface area contributed by atoms with Crippen LogP contribution in [0.1, 0.15) is 0 Å². The van der Waals surface area contributed by atoms with Gasteiger partial charge in [-0.15, -0.1) is 0 Å². The smallest absolute Gasteiger partial charge is 0.105 e. The molecule has 0 rings (SSSR count). The Morgan fingerprint density at radius 1 is 2.00 bits per heavy atom. The predicted octanol–water partition coefficient (Wildman–Crippen LogP) is 0.585. The minimum Gasteiger partial charge on any atom is -0.368 e. The first kappa shape index (κ1) is 6.03. The van der Waals surface area contributed by atoms with Crippen molar-refractivity contribution in [1.29, 1.82) is 5.26 Å². The van der Waals surface area contributed by atoms with E-state index in [-0.39, 0.29) is 0 Å². The maximum Gasteiger partial charge on any atom is 0.105 e. The highest BCUT2D eigenvalue weighted by molar-refractivity contribution is 4.79. The van der Waals surface area contributed by atoms with E-state index in [0.29, 0.717) is 6.54 Å². The lowest BCUT2D eigenvalue weighted by Gasteiger charge is -2.04. The summed E-state index contributed by atoms with van der Waals surface area (Å²) >= 11 is 0. The van der Waals surface area contributed by atoms with Gasteiger partial charge in [0.1, 0.15) is 6.54 Å². The topological polar surface area (TPSA) is 27.0 Å². The van der Waals surface area contributed by atoms with Gasteiger partial charge in [-0.3, -0.25) is 0 Å². The quantitative estimate of drug-likeness (QED) is 0.470. The monoisotopic (exact) mass is 96.1 g/mol. The summed E-state index contributed by atoms with van der Waals surface area (Å²) in [5, 5.41) is 8.03. The van der Waals surface area contributed by atoms with Crippen molar-refractivity contribution in [1.82, 2.24) is 4.90 Å². The van der Waals surface area contributed by atoms with Crippen molar-refractivity contribution in [3.63, 3.8) is 0 Å². The fraction of sp³-hybridized carbons (Fsp3) is 0.400. The highest BCUT2D eigenvalue weighted by Crippen LogP contribution is 1.75. The summed E-state index contributed by atoms with van der Waals surface area (Å²) < 4.78 is 0. The van der Waals surface area contributed by atoms with Crippen molar-refractivity contribution in [2.45, 2.75) is 0 Å². The van der Waals surface area contributed by atoms with E-state index in [0.717, 1.165) is 0 Å². The van der Waals surface area contributed by atoms with Crippen LogP contribution in [0.25, 0.3) is 0 Å². The van der Waals surface area contributed by atoms with Crippen molar-refractivity contribution >= 4 is 0 Å². The van der Waals surface area contributed by atoms with Crippen molar-refractivity contribution in [3.8, 4) is 6.07 Å². The molecular weight excluding hydrogens is 88.1 g/mol. The highest BCUT2D eigenvalue weighted by Gasteiger charge is 1.80. The second-order valence-corrected chi connectivity index (χ2v) is 1.26. The molecule has 0 bridgehead atoms. The van der Waals surface area contributed by atoms with E-state index >= 15 is 0 Å². The lowest BCUT2D eigenvalue weighted by Crippen LogP contribution is -2.08. The summed E-state index contributed by atoms with van der Waals surface area (Å²) in [6, 6.07) is 1.97. The molecule has 0 aromatic carbocycles. The van der Waals surface area contributed by atoms with E-state index in [1.807, 2.05) is 6.07 Å². The van der Waals surface area contributed by atoms with Crippen LogP contribution in [0.3, 0.4) is 0 Å². The standard InChI is InChI=1S/C5H8N2/c1-3-7(2)5-4-6/h3H,1,5H2,2H3. The molecule has 2 heteroatoms. The minimum atomic E-state index is 0.420. The Labute approximate surface area is 43.7 Å². The first-order valence-corrected chi connectivity index (χ1v) is 2.01. The van der Waals surface area contributed by atoms with Gasteiger partial charge in [-0.05, 0) is 6.20 Å². The van der Waals surface area contributed by atoms with Crippen LogP contribution in [0.5, 0.6) is 0 Å². The Kier molecular flexibility index (Phi) is 2.78. The Balaban J connectivity index is 3.21. The summed E-state index contributed by atoms with van der Waals surface area (Å²) in [5.41, 5.74) is 0. The molecule has 0 heterocycles. The fourth-order valence-electron chi connectivity index (χ4n) is 0.176. The molecule has 0 aromatic rings. The van der Waals surface area contributed by atoms with Crippen molar-refractivity contribution in [2.24, 2.45) is 0 Å².